The number of carbonyl (C=O) groups is 1. The molecule has 0 N–H and O–H groups in total. The molecule has 0 radical (unpaired) electrons. The average Bonchev–Trinajstić information content (AvgIpc) is 2.74. The molecule has 0 unspecified atom stereocenters. The van der Waals surface area contributed by atoms with Gasteiger partial charge in [-0.15, -0.1) is 0 Å². The molecular weight excluding hydrogens is 244 g/mol. The summed E-state index contributed by atoms with van der Waals surface area (Å²) in [4.78, 5) is 18.1. The van der Waals surface area contributed by atoms with Gasteiger partial charge in [-0.2, -0.15) is 0 Å². The van der Waals surface area contributed by atoms with Gasteiger partial charge in [0, 0.05) is 13.1 Å². The molecular formula is C14H22N2O3. The van der Waals surface area contributed by atoms with Gasteiger partial charge in [-0.3, -0.25) is 0 Å². The molecule has 1 atom stereocenters. The predicted octanol–water partition coefficient (Wildman–Crippen LogP) is 3.10. The van der Waals surface area contributed by atoms with Gasteiger partial charge in [0.2, 0.25) is 0 Å². The van der Waals surface area contributed by atoms with Gasteiger partial charge >= 0.3 is 6.09 Å². The second kappa shape index (κ2) is 5.23. The Labute approximate surface area is 113 Å². The molecule has 1 aromatic heterocycles. The number of oxazole rings is 1. The monoisotopic (exact) mass is 266 g/mol. The topological polar surface area (TPSA) is 55.6 Å². The van der Waals surface area contributed by atoms with Crippen LogP contribution in [0.25, 0.3) is 0 Å². The van der Waals surface area contributed by atoms with E-state index in [9.17, 15) is 4.79 Å². The third kappa shape index (κ3) is 3.72. The second-order valence-corrected chi connectivity index (χ2v) is 6.07. The van der Waals surface area contributed by atoms with Gasteiger partial charge in [-0.25, -0.2) is 9.78 Å². The predicted molar refractivity (Wildman–Crippen MR) is 71.0 cm³/mol. The number of carbonyl (C=O) groups excluding carboxylic acids is 1. The van der Waals surface area contributed by atoms with Crippen LogP contribution in [0.1, 0.15) is 51.2 Å². The van der Waals surface area contributed by atoms with Crippen LogP contribution in [0.15, 0.2) is 10.6 Å². The molecule has 1 amide bonds. The number of rotatable bonds is 1. The number of hydrogen-bond donors (Lipinski definition) is 0. The van der Waals surface area contributed by atoms with Crippen molar-refractivity contribution in [1.29, 1.82) is 0 Å². The van der Waals surface area contributed by atoms with Crippen molar-refractivity contribution >= 4 is 6.09 Å². The lowest BCUT2D eigenvalue weighted by molar-refractivity contribution is 0.0190. The number of likely N-dealkylation sites (tertiary alicyclic amines) is 1. The quantitative estimate of drug-likeness (QED) is 0.783. The number of aromatic nitrogens is 1. The highest BCUT2D eigenvalue weighted by molar-refractivity contribution is 5.68. The van der Waals surface area contributed by atoms with Crippen LogP contribution in [0.5, 0.6) is 0 Å². The zero-order valence-electron chi connectivity index (χ0n) is 12.1. The highest BCUT2D eigenvalue weighted by Crippen LogP contribution is 2.27. The van der Waals surface area contributed by atoms with Crippen LogP contribution in [0.4, 0.5) is 4.79 Å². The van der Waals surface area contributed by atoms with Crippen LogP contribution in [0.3, 0.4) is 0 Å². The minimum atomic E-state index is -0.455. The summed E-state index contributed by atoms with van der Waals surface area (Å²) >= 11 is 0. The van der Waals surface area contributed by atoms with E-state index >= 15 is 0 Å². The molecule has 0 bridgehead atoms. The van der Waals surface area contributed by atoms with E-state index in [-0.39, 0.29) is 12.0 Å². The molecule has 106 valence electrons. The summed E-state index contributed by atoms with van der Waals surface area (Å²) in [6.07, 6.45) is 3.42. The van der Waals surface area contributed by atoms with Crippen molar-refractivity contribution in [1.82, 2.24) is 9.88 Å². The van der Waals surface area contributed by atoms with Crippen molar-refractivity contribution in [3.63, 3.8) is 0 Å². The summed E-state index contributed by atoms with van der Waals surface area (Å²) in [6.45, 7) is 8.88. The first-order chi connectivity index (χ1) is 8.85. The van der Waals surface area contributed by atoms with Crippen molar-refractivity contribution < 1.29 is 13.9 Å². The molecule has 5 heteroatoms. The molecule has 5 nitrogen and oxygen atoms in total. The van der Waals surface area contributed by atoms with Gasteiger partial charge in [-0.1, -0.05) is 0 Å². The molecule has 0 spiro atoms. The van der Waals surface area contributed by atoms with Gasteiger partial charge < -0.3 is 14.1 Å². The summed E-state index contributed by atoms with van der Waals surface area (Å²) < 4.78 is 11.0. The van der Waals surface area contributed by atoms with Gasteiger partial charge in [0.15, 0.2) is 5.89 Å². The number of ether oxygens (including phenoxy) is 1. The Morgan fingerprint density at radius 1 is 1.53 bits per heavy atom. The fourth-order valence-electron chi connectivity index (χ4n) is 2.23. The standard InChI is InChI=1S/C14H22N2O3/c1-10-8-15-12(18-10)11-6-5-7-16(9-11)13(17)19-14(2,3)4/h8,11H,5-7,9H2,1-4H3/t11-/m1/s1. The van der Waals surface area contributed by atoms with E-state index in [0.29, 0.717) is 6.54 Å². The zero-order valence-corrected chi connectivity index (χ0v) is 12.1. The minimum absolute atomic E-state index is 0.176. The van der Waals surface area contributed by atoms with Crippen molar-refractivity contribution in [3.05, 3.63) is 17.8 Å². The number of nitrogens with zero attached hydrogens (tertiary/aromatic N) is 2. The summed E-state index contributed by atoms with van der Waals surface area (Å²) in [5.74, 6) is 1.71. The lowest BCUT2D eigenvalue weighted by Crippen LogP contribution is -2.42. The minimum Gasteiger partial charge on any atom is -0.446 e. The molecule has 0 aliphatic carbocycles. The Morgan fingerprint density at radius 3 is 2.84 bits per heavy atom. The van der Waals surface area contributed by atoms with E-state index in [4.69, 9.17) is 9.15 Å². The molecule has 0 saturated carbocycles. The number of aryl methyl sites for hydroxylation is 1. The highest BCUT2D eigenvalue weighted by Gasteiger charge is 2.30. The maximum atomic E-state index is 12.0. The SMILES string of the molecule is Cc1cnc([C@@H]2CCCN(C(=O)OC(C)(C)C)C2)o1. The molecule has 1 saturated heterocycles. The smallest absolute Gasteiger partial charge is 0.410 e. The molecule has 2 heterocycles. The van der Waals surface area contributed by atoms with Crippen LogP contribution in [0.2, 0.25) is 0 Å². The molecule has 1 aliphatic heterocycles. The third-order valence-corrected chi connectivity index (χ3v) is 3.06. The van der Waals surface area contributed by atoms with Gasteiger partial charge in [-0.05, 0) is 40.5 Å². The van der Waals surface area contributed by atoms with Crippen LogP contribution in [-0.2, 0) is 4.74 Å². The number of hydrogen-bond acceptors (Lipinski definition) is 4. The lowest BCUT2D eigenvalue weighted by Gasteiger charge is -2.32. The van der Waals surface area contributed by atoms with E-state index in [2.05, 4.69) is 4.98 Å². The van der Waals surface area contributed by atoms with E-state index < -0.39 is 5.60 Å². The van der Waals surface area contributed by atoms with Crippen LogP contribution in [0, 0.1) is 6.92 Å². The zero-order chi connectivity index (χ0) is 14.0. The number of piperidine rings is 1. The summed E-state index contributed by atoms with van der Waals surface area (Å²) in [5.41, 5.74) is -0.455. The van der Waals surface area contributed by atoms with E-state index in [1.807, 2.05) is 27.7 Å². The fraction of sp³-hybridized carbons (Fsp3) is 0.714. The Balaban J connectivity index is 1.99. The van der Waals surface area contributed by atoms with E-state index in [1.165, 1.54) is 0 Å². The van der Waals surface area contributed by atoms with Gasteiger partial charge in [0.25, 0.3) is 0 Å². The number of amides is 1. The van der Waals surface area contributed by atoms with Gasteiger partial charge in [0.1, 0.15) is 11.4 Å². The first-order valence-electron chi connectivity index (χ1n) is 6.75. The summed E-state index contributed by atoms with van der Waals surface area (Å²) in [7, 11) is 0. The first-order valence-corrected chi connectivity index (χ1v) is 6.75. The lowest BCUT2D eigenvalue weighted by atomic mass is 9.98. The molecule has 1 aliphatic rings. The normalized spacial score (nSPS) is 20.4. The molecule has 0 aromatic carbocycles. The highest BCUT2D eigenvalue weighted by atomic mass is 16.6. The van der Waals surface area contributed by atoms with E-state index in [0.717, 1.165) is 31.0 Å². The molecule has 1 fully saturated rings. The summed E-state index contributed by atoms with van der Waals surface area (Å²) in [5, 5.41) is 0. The first kappa shape index (κ1) is 13.9. The largest absolute Gasteiger partial charge is 0.446 e. The third-order valence-electron chi connectivity index (χ3n) is 3.06. The van der Waals surface area contributed by atoms with Crippen molar-refractivity contribution in [2.45, 2.75) is 52.1 Å². The maximum Gasteiger partial charge on any atom is 0.410 e. The van der Waals surface area contributed by atoms with Crippen molar-refractivity contribution in [3.8, 4) is 0 Å². The molecule has 19 heavy (non-hydrogen) atoms. The van der Waals surface area contributed by atoms with Crippen LogP contribution in [-0.4, -0.2) is 34.7 Å². The second-order valence-electron chi connectivity index (χ2n) is 6.07. The molecule has 1 aromatic rings. The van der Waals surface area contributed by atoms with Gasteiger partial charge in [0.05, 0.1) is 12.1 Å². The fourth-order valence-corrected chi connectivity index (χ4v) is 2.23. The molecule has 2 rings (SSSR count). The maximum absolute atomic E-state index is 12.0. The van der Waals surface area contributed by atoms with Crippen molar-refractivity contribution in [2.24, 2.45) is 0 Å². The van der Waals surface area contributed by atoms with E-state index in [1.54, 1.807) is 11.1 Å². The Bertz CT molecular complexity index is 448. The summed E-state index contributed by atoms with van der Waals surface area (Å²) in [6, 6.07) is 0. The van der Waals surface area contributed by atoms with Crippen molar-refractivity contribution in [2.75, 3.05) is 13.1 Å². The van der Waals surface area contributed by atoms with Crippen LogP contribution >= 0.6 is 0 Å². The Hall–Kier alpha value is -1.52. The Morgan fingerprint density at radius 2 is 2.26 bits per heavy atom. The van der Waals surface area contributed by atoms with Crippen LogP contribution < -0.4 is 0 Å². The Kier molecular flexibility index (Phi) is 3.83. The average molecular weight is 266 g/mol.